The number of hydrogen-bond donors (Lipinski definition) is 2. The fourth-order valence-electron chi connectivity index (χ4n) is 1.89. The van der Waals surface area contributed by atoms with E-state index in [1.807, 2.05) is 20.8 Å². The molecule has 1 heterocycles. The number of aliphatic carboxylic acids is 1. The lowest BCUT2D eigenvalue weighted by molar-refractivity contribution is -0.136. The molecule has 0 aliphatic heterocycles. The van der Waals surface area contributed by atoms with Gasteiger partial charge in [-0.25, -0.2) is 0 Å². The number of anilines is 1. The van der Waals surface area contributed by atoms with E-state index in [1.165, 1.54) is 6.20 Å². The molecule has 2 N–H and O–H groups in total. The number of amides is 1. The van der Waals surface area contributed by atoms with Crippen molar-refractivity contribution in [1.29, 1.82) is 0 Å². The van der Waals surface area contributed by atoms with E-state index in [2.05, 4.69) is 10.4 Å². The van der Waals surface area contributed by atoms with Gasteiger partial charge in [0.05, 0.1) is 23.7 Å². The van der Waals surface area contributed by atoms with Crippen molar-refractivity contribution in [3.8, 4) is 0 Å². The molecule has 0 saturated carbocycles. The second-order valence-electron chi connectivity index (χ2n) is 6.07. The SMILES string of the molecule is CC(C)(C)n1cc(C(=O)Nc2ccc(CC(=O)O)cc2)cn1. The number of benzene rings is 1. The van der Waals surface area contributed by atoms with Crippen molar-refractivity contribution < 1.29 is 14.7 Å². The van der Waals surface area contributed by atoms with Crippen LogP contribution in [-0.2, 0) is 16.8 Å². The van der Waals surface area contributed by atoms with Crippen LogP contribution in [0.4, 0.5) is 5.69 Å². The molecule has 0 aliphatic carbocycles. The number of carbonyl (C=O) groups excluding carboxylic acids is 1. The van der Waals surface area contributed by atoms with Crippen molar-refractivity contribution in [2.24, 2.45) is 0 Å². The molecular formula is C16H19N3O3. The minimum atomic E-state index is -0.883. The first-order chi connectivity index (χ1) is 10.3. The van der Waals surface area contributed by atoms with Crippen molar-refractivity contribution in [3.63, 3.8) is 0 Å². The summed E-state index contributed by atoms with van der Waals surface area (Å²) < 4.78 is 1.73. The number of carbonyl (C=O) groups is 2. The summed E-state index contributed by atoms with van der Waals surface area (Å²) in [6.45, 7) is 6.01. The summed E-state index contributed by atoms with van der Waals surface area (Å²) in [5.41, 5.74) is 1.59. The maximum atomic E-state index is 12.2. The third-order valence-electron chi connectivity index (χ3n) is 3.10. The number of aromatic nitrogens is 2. The van der Waals surface area contributed by atoms with Gasteiger partial charge in [-0.05, 0) is 38.5 Å². The van der Waals surface area contributed by atoms with E-state index in [1.54, 1.807) is 35.1 Å². The highest BCUT2D eigenvalue weighted by Gasteiger charge is 2.16. The van der Waals surface area contributed by atoms with Gasteiger partial charge in [-0.2, -0.15) is 5.10 Å². The monoisotopic (exact) mass is 301 g/mol. The Hall–Kier alpha value is -2.63. The van der Waals surface area contributed by atoms with Crippen molar-refractivity contribution in [2.45, 2.75) is 32.7 Å². The number of nitrogens with zero attached hydrogens (tertiary/aromatic N) is 2. The predicted molar refractivity (Wildman–Crippen MR) is 83.0 cm³/mol. The number of rotatable bonds is 4. The van der Waals surface area contributed by atoms with E-state index in [0.717, 1.165) is 0 Å². The van der Waals surface area contributed by atoms with Gasteiger partial charge in [0.15, 0.2) is 0 Å². The highest BCUT2D eigenvalue weighted by Crippen LogP contribution is 2.15. The molecule has 0 radical (unpaired) electrons. The van der Waals surface area contributed by atoms with Crippen LogP contribution in [0.2, 0.25) is 0 Å². The van der Waals surface area contributed by atoms with Gasteiger partial charge in [-0.15, -0.1) is 0 Å². The Labute approximate surface area is 128 Å². The van der Waals surface area contributed by atoms with E-state index in [0.29, 0.717) is 16.8 Å². The molecular weight excluding hydrogens is 282 g/mol. The first-order valence-corrected chi connectivity index (χ1v) is 6.93. The standard InChI is InChI=1S/C16H19N3O3/c1-16(2,3)19-10-12(9-17-19)15(22)18-13-6-4-11(5-7-13)8-14(20)21/h4-7,9-10H,8H2,1-3H3,(H,18,22)(H,20,21). The van der Waals surface area contributed by atoms with Crippen LogP contribution in [0.5, 0.6) is 0 Å². The molecule has 0 spiro atoms. The first-order valence-electron chi connectivity index (χ1n) is 6.93. The molecule has 0 unspecified atom stereocenters. The summed E-state index contributed by atoms with van der Waals surface area (Å²) in [4.78, 5) is 22.8. The predicted octanol–water partition coefficient (Wildman–Crippen LogP) is 2.52. The second kappa shape index (κ2) is 6.01. The Morgan fingerprint density at radius 2 is 1.86 bits per heavy atom. The minimum absolute atomic E-state index is 0.0351. The zero-order valence-electron chi connectivity index (χ0n) is 12.8. The molecule has 2 aromatic rings. The normalized spacial score (nSPS) is 11.2. The first kappa shape index (κ1) is 15.8. The van der Waals surface area contributed by atoms with Crippen LogP contribution >= 0.6 is 0 Å². The van der Waals surface area contributed by atoms with Gasteiger partial charge < -0.3 is 10.4 Å². The molecule has 1 aromatic heterocycles. The highest BCUT2D eigenvalue weighted by molar-refractivity contribution is 6.03. The summed E-state index contributed by atoms with van der Waals surface area (Å²) in [5.74, 6) is -1.13. The summed E-state index contributed by atoms with van der Waals surface area (Å²) in [7, 11) is 0. The number of nitrogens with one attached hydrogen (secondary N) is 1. The van der Waals surface area contributed by atoms with Gasteiger partial charge in [0.25, 0.3) is 5.91 Å². The van der Waals surface area contributed by atoms with Crippen LogP contribution in [0.15, 0.2) is 36.7 Å². The zero-order valence-corrected chi connectivity index (χ0v) is 12.8. The van der Waals surface area contributed by atoms with E-state index >= 15 is 0 Å². The summed E-state index contributed by atoms with van der Waals surface area (Å²) in [6, 6.07) is 6.74. The summed E-state index contributed by atoms with van der Waals surface area (Å²) in [5, 5.41) is 15.7. The van der Waals surface area contributed by atoms with Crippen LogP contribution in [0.1, 0.15) is 36.7 Å². The molecule has 0 aliphatic rings. The van der Waals surface area contributed by atoms with E-state index < -0.39 is 5.97 Å². The van der Waals surface area contributed by atoms with Crippen LogP contribution in [-0.4, -0.2) is 26.8 Å². The van der Waals surface area contributed by atoms with Crippen molar-refractivity contribution in [2.75, 3.05) is 5.32 Å². The fourth-order valence-corrected chi connectivity index (χ4v) is 1.89. The molecule has 1 aromatic carbocycles. The topological polar surface area (TPSA) is 84.2 Å². The molecule has 116 valence electrons. The molecule has 0 fully saturated rings. The van der Waals surface area contributed by atoms with Crippen LogP contribution in [0.25, 0.3) is 0 Å². The molecule has 1 amide bonds. The maximum absolute atomic E-state index is 12.2. The second-order valence-corrected chi connectivity index (χ2v) is 6.07. The smallest absolute Gasteiger partial charge is 0.307 e. The molecule has 22 heavy (non-hydrogen) atoms. The number of carboxylic acid groups (broad SMARTS) is 1. The zero-order chi connectivity index (χ0) is 16.3. The quantitative estimate of drug-likeness (QED) is 0.908. The van der Waals surface area contributed by atoms with Crippen molar-refractivity contribution in [1.82, 2.24) is 9.78 Å². The fraction of sp³-hybridized carbons (Fsp3) is 0.312. The Morgan fingerprint density at radius 3 is 2.36 bits per heavy atom. The lowest BCUT2D eigenvalue weighted by Gasteiger charge is -2.18. The maximum Gasteiger partial charge on any atom is 0.307 e. The van der Waals surface area contributed by atoms with Crippen LogP contribution in [0.3, 0.4) is 0 Å². The van der Waals surface area contributed by atoms with Gasteiger partial charge in [0.1, 0.15) is 0 Å². The molecule has 0 bridgehead atoms. The van der Waals surface area contributed by atoms with E-state index in [4.69, 9.17) is 5.11 Å². The van der Waals surface area contributed by atoms with Crippen molar-refractivity contribution in [3.05, 3.63) is 47.8 Å². The molecule has 2 rings (SSSR count). The lowest BCUT2D eigenvalue weighted by atomic mass is 10.1. The summed E-state index contributed by atoms with van der Waals surface area (Å²) >= 11 is 0. The van der Waals surface area contributed by atoms with Crippen LogP contribution in [0, 0.1) is 0 Å². The third kappa shape index (κ3) is 3.94. The Morgan fingerprint density at radius 1 is 1.23 bits per heavy atom. The van der Waals surface area contributed by atoms with Gasteiger partial charge in [-0.1, -0.05) is 12.1 Å². The van der Waals surface area contributed by atoms with E-state index in [9.17, 15) is 9.59 Å². The lowest BCUT2D eigenvalue weighted by Crippen LogP contribution is -2.22. The molecule has 6 nitrogen and oxygen atoms in total. The largest absolute Gasteiger partial charge is 0.481 e. The van der Waals surface area contributed by atoms with E-state index in [-0.39, 0.29) is 17.9 Å². The average molecular weight is 301 g/mol. The van der Waals surface area contributed by atoms with Crippen molar-refractivity contribution >= 4 is 17.6 Å². The Balaban J connectivity index is 2.05. The molecule has 0 saturated heterocycles. The molecule has 0 atom stereocenters. The number of hydrogen-bond acceptors (Lipinski definition) is 3. The highest BCUT2D eigenvalue weighted by atomic mass is 16.4. The summed E-state index contributed by atoms with van der Waals surface area (Å²) in [6.07, 6.45) is 3.19. The van der Waals surface area contributed by atoms with Crippen LogP contribution < -0.4 is 5.32 Å². The average Bonchev–Trinajstić information content (AvgIpc) is 2.90. The Bertz CT molecular complexity index is 681. The number of carboxylic acids is 1. The molecule has 6 heteroatoms. The van der Waals surface area contributed by atoms with Gasteiger partial charge in [0.2, 0.25) is 0 Å². The van der Waals surface area contributed by atoms with Gasteiger partial charge in [0, 0.05) is 11.9 Å². The van der Waals surface area contributed by atoms with Gasteiger partial charge in [-0.3, -0.25) is 14.3 Å². The Kier molecular flexibility index (Phi) is 4.30. The minimum Gasteiger partial charge on any atom is -0.481 e. The van der Waals surface area contributed by atoms with Gasteiger partial charge >= 0.3 is 5.97 Å². The third-order valence-corrected chi connectivity index (χ3v) is 3.10.